The molecule has 2 aromatic rings. The number of carbonyl (C=O) groups is 1. The van der Waals surface area contributed by atoms with Gasteiger partial charge in [-0.05, 0) is 63.3 Å². The van der Waals surface area contributed by atoms with Gasteiger partial charge in [0.1, 0.15) is 16.5 Å². The van der Waals surface area contributed by atoms with Crippen molar-refractivity contribution < 1.29 is 17.9 Å². The molecule has 2 fully saturated rings. The molecule has 0 spiro atoms. The molecule has 3 heterocycles. The van der Waals surface area contributed by atoms with Crippen molar-refractivity contribution >= 4 is 21.7 Å². The molecule has 4 rings (SSSR count). The minimum absolute atomic E-state index is 0.0341. The lowest BCUT2D eigenvalue weighted by Crippen LogP contribution is -2.42. The molecule has 184 valence electrons. The van der Waals surface area contributed by atoms with Crippen LogP contribution in [0.1, 0.15) is 61.4 Å². The van der Waals surface area contributed by atoms with Crippen LogP contribution in [-0.4, -0.2) is 56.4 Å². The summed E-state index contributed by atoms with van der Waals surface area (Å²) in [6.45, 7) is 4.64. The summed E-state index contributed by atoms with van der Waals surface area (Å²) < 4.78 is 33.8. The van der Waals surface area contributed by atoms with E-state index in [0.717, 1.165) is 56.6 Å². The molecule has 9 heteroatoms. The number of hydrogen-bond donors (Lipinski definition) is 1. The van der Waals surface area contributed by atoms with Crippen molar-refractivity contribution in [1.29, 1.82) is 0 Å². The third kappa shape index (κ3) is 5.20. The van der Waals surface area contributed by atoms with Gasteiger partial charge in [0.2, 0.25) is 10.0 Å². The summed E-state index contributed by atoms with van der Waals surface area (Å²) in [6, 6.07) is 8.34. The number of benzene rings is 1. The van der Waals surface area contributed by atoms with Crippen LogP contribution in [0.25, 0.3) is 0 Å². The van der Waals surface area contributed by atoms with Gasteiger partial charge in [0.25, 0.3) is 5.91 Å². The maximum absolute atomic E-state index is 13.5. The van der Waals surface area contributed by atoms with Crippen molar-refractivity contribution in [3.8, 4) is 5.75 Å². The van der Waals surface area contributed by atoms with Crippen molar-refractivity contribution in [2.45, 2.75) is 62.9 Å². The first kappa shape index (κ1) is 24.5. The molecule has 0 saturated carbocycles. The molecule has 0 radical (unpaired) electrons. The van der Waals surface area contributed by atoms with Crippen LogP contribution >= 0.6 is 0 Å². The molecule has 1 aromatic carbocycles. The Bertz CT molecular complexity index is 1120. The number of methoxy groups -OCH3 is 1. The number of amides is 1. The molecule has 1 unspecified atom stereocenters. The fourth-order valence-corrected chi connectivity index (χ4v) is 6.69. The predicted octanol–water partition coefficient (Wildman–Crippen LogP) is 3.57. The molecule has 1 atom stereocenters. The molecule has 1 aromatic heterocycles. The number of piperidine rings is 2. The SMILES string of the molecule is COc1ccc(C(=O)NCc2cccnc2N2CCCCC2)cc1S(=O)(=O)N1CCCCC1C. The van der Waals surface area contributed by atoms with E-state index in [0.29, 0.717) is 13.1 Å². The fourth-order valence-electron chi connectivity index (χ4n) is 4.81. The van der Waals surface area contributed by atoms with Crippen LogP contribution in [0.4, 0.5) is 5.82 Å². The van der Waals surface area contributed by atoms with Gasteiger partial charge in [0, 0.05) is 49.5 Å². The van der Waals surface area contributed by atoms with E-state index in [1.165, 1.54) is 23.9 Å². The van der Waals surface area contributed by atoms with Crippen molar-refractivity contribution in [2.24, 2.45) is 0 Å². The van der Waals surface area contributed by atoms with E-state index in [1.807, 2.05) is 19.1 Å². The molecule has 2 saturated heterocycles. The highest BCUT2D eigenvalue weighted by molar-refractivity contribution is 7.89. The van der Waals surface area contributed by atoms with Crippen LogP contribution in [0.3, 0.4) is 0 Å². The smallest absolute Gasteiger partial charge is 0.251 e. The van der Waals surface area contributed by atoms with Crippen LogP contribution < -0.4 is 15.0 Å². The molecule has 2 aliphatic heterocycles. The Hall–Kier alpha value is -2.65. The predicted molar refractivity (Wildman–Crippen MR) is 132 cm³/mol. The minimum atomic E-state index is -3.79. The molecular weight excluding hydrogens is 452 g/mol. The summed E-state index contributed by atoms with van der Waals surface area (Å²) >= 11 is 0. The number of ether oxygens (including phenoxy) is 1. The van der Waals surface area contributed by atoms with E-state index in [-0.39, 0.29) is 28.2 Å². The molecule has 1 amide bonds. The third-order valence-corrected chi connectivity index (χ3v) is 8.75. The van der Waals surface area contributed by atoms with Gasteiger partial charge in [-0.3, -0.25) is 4.79 Å². The number of pyridine rings is 1. The van der Waals surface area contributed by atoms with Gasteiger partial charge in [0.15, 0.2) is 0 Å². The van der Waals surface area contributed by atoms with E-state index < -0.39 is 10.0 Å². The maximum atomic E-state index is 13.5. The first-order chi connectivity index (χ1) is 16.4. The Morgan fingerprint density at radius 1 is 1.12 bits per heavy atom. The highest BCUT2D eigenvalue weighted by Crippen LogP contribution is 2.32. The number of sulfonamides is 1. The van der Waals surface area contributed by atoms with Crippen LogP contribution in [0.15, 0.2) is 41.4 Å². The summed E-state index contributed by atoms with van der Waals surface area (Å²) in [7, 11) is -2.34. The summed E-state index contributed by atoms with van der Waals surface area (Å²) in [5, 5.41) is 2.94. The average Bonchev–Trinajstić information content (AvgIpc) is 2.87. The quantitative estimate of drug-likeness (QED) is 0.643. The number of carbonyl (C=O) groups excluding carboxylic acids is 1. The average molecular weight is 487 g/mol. The summed E-state index contributed by atoms with van der Waals surface area (Å²) in [5.74, 6) is 0.813. The van der Waals surface area contributed by atoms with Gasteiger partial charge in [-0.15, -0.1) is 0 Å². The van der Waals surface area contributed by atoms with E-state index in [4.69, 9.17) is 4.74 Å². The van der Waals surface area contributed by atoms with Gasteiger partial charge >= 0.3 is 0 Å². The summed E-state index contributed by atoms with van der Waals surface area (Å²) in [5.41, 5.74) is 1.23. The molecule has 2 aliphatic rings. The topological polar surface area (TPSA) is 91.8 Å². The normalized spacial score (nSPS) is 19.6. The number of nitrogens with zero attached hydrogens (tertiary/aromatic N) is 3. The monoisotopic (exact) mass is 486 g/mol. The molecule has 0 bridgehead atoms. The first-order valence-corrected chi connectivity index (χ1v) is 13.5. The van der Waals surface area contributed by atoms with Crippen molar-refractivity contribution in [1.82, 2.24) is 14.6 Å². The van der Waals surface area contributed by atoms with Crippen LogP contribution in [0.5, 0.6) is 5.75 Å². The third-order valence-electron chi connectivity index (χ3n) is 6.72. The summed E-state index contributed by atoms with van der Waals surface area (Å²) in [6.07, 6.45) is 7.96. The zero-order valence-corrected chi connectivity index (χ0v) is 20.8. The van der Waals surface area contributed by atoms with Crippen molar-refractivity contribution in [2.75, 3.05) is 31.6 Å². The Balaban J connectivity index is 1.54. The van der Waals surface area contributed by atoms with Gasteiger partial charge in [0.05, 0.1) is 7.11 Å². The Morgan fingerprint density at radius 3 is 2.62 bits per heavy atom. The van der Waals surface area contributed by atoms with Crippen LogP contribution in [0, 0.1) is 0 Å². The second-order valence-electron chi connectivity index (χ2n) is 9.04. The molecule has 8 nitrogen and oxygen atoms in total. The van der Waals surface area contributed by atoms with E-state index >= 15 is 0 Å². The lowest BCUT2D eigenvalue weighted by Gasteiger charge is -2.32. The highest BCUT2D eigenvalue weighted by Gasteiger charge is 2.33. The number of nitrogens with one attached hydrogen (secondary N) is 1. The van der Waals surface area contributed by atoms with E-state index in [2.05, 4.69) is 15.2 Å². The lowest BCUT2D eigenvalue weighted by atomic mass is 10.1. The molecule has 0 aliphatic carbocycles. The zero-order valence-electron chi connectivity index (χ0n) is 20.0. The maximum Gasteiger partial charge on any atom is 0.251 e. The van der Waals surface area contributed by atoms with Crippen LogP contribution in [-0.2, 0) is 16.6 Å². The second-order valence-corrected chi connectivity index (χ2v) is 10.9. The molecular formula is C25H34N4O4S. The van der Waals surface area contributed by atoms with Gasteiger partial charge in [-0.25, -0.2) is 13.4 Å². The summed E-state index contributed by atoms with van der Waals surface area (Å²) in [4.78, 5) is 19.9. The highest BCUT2D eigenvalue weighted by atomic mass is 32.2. The Labute approximate surface area is 202 Å². The van der Waals surface area contributed by atoms with Crippen molar-refractivity contribution in [3.63, 3.8) is 0 Å². The number of rotatable bonds is 7. The Kier molecular flexibility index (Phi) is 7.73. The zero-order chi connectivity index (χ0) is 24.1. The first-order valence-electron chi connectivity index (χ1n) is 12.1. The number of hydrogen-bond acceptors (Lipinski definition) is 6. The second kappa shape index (κ2) is 10.7. The van der Waals surface area contributed by atoms with Gasteiger partial charge < -0.3 is 15.0 Å². The van der Waals surface area contributed by atoms with E-state index in [9.17, 15) is 13.2 Å². The Morgan fingerprint density at radius 2 is 1.88 bits per heavy atom. The number of aromatic nitrogens is 1. The molecule has 1 N–H and O–H groups in total. The standard InChI is InChI=1S/C25H34N4O4S/c1-19-9-4-7-16-29(19)34(31,32)23-17-20(11-12-22(23)33-2)25(30)27-18-21-10-8-13-26-24(21)28-14-5-3-6-15-28/h8,10-13,17,19H,3-7,9,14-16,18H2,1-2H3,(H,27,30). The van der Waals surface area contributed by atoms with Crippen molar-refractivity contribution in [3.05, 3.63) is 47.7 Å². The van der Waals surface area contributed by atoms with Crippen LogP contribution in [0.2, 0.25) is 0 Å². The molecule has 34 heavy (non-hydrogen) atoms. The fraction of sp³-hybridized carbons (Fsp3) is 0.520. The number of anilines is 1. The van der Waals surface area contributed by atoms with Gasteiger partial charge in [-0.1, -0.05) is 12.5 Å². The van der Waals surface area contributed by atoms with Gasteiger partial charge in [-0.2, -0.15) is 4.31 Å². The largest absolute Gasteiger partial charge is 0.495 e. The lowest BCUT2D eigenvalue weighted by molar-refractivity contribution is 0.0950. The van der Waals surface area contributed by atoms with E-state index in [1.54, 1.807) is 18.3 Å². The minimum Gasteiger partial charge on any atom is -0.495 e.